The van der Waals surface area contributed by atoms with E-state index in [4.69, 9.17) is 0 Å². The monoisotopic (exact) mass is 360 g/mol. The van der Waals surface area contributed by atoms with Crippen LogP contribution in [-0.2, 0) is 6.54 Å². The molecule has 0 saturated heterocycles. The van der Waals surface area contributed by atoms with E-state index in [1.165, 1.54) is 18.0 Å². The number of anilines is 2. The molecule has 0 saturated carbocycles. The van der Waals surface area contributed by atoms with Gasteiger partial charge >= 0.3 is 0 Å². The summed E-state index contributed by atoms with van der Waals surface area (Å²) in [5.74, 6) is 0.650. The minimum Gasteiger partial charge on any atom is -0.339 e. The van der Waals surface area contributed by atoms with Gasteiger partial charge in [-0.3, -0.25) is 4.79 Å². The van der Waals surface area contributed by atoms with E-state index in [0.29, 0.717) is 11.5 Å². The molecule has 0 amide bonds. The Morgan fingerprint density at radius 1 is 1.07 bits per heavy atom. The number of H-pyrrole nitrogens is 2. The predicted molar refractivity (Wildman–Crippen MR) is 107 cm³/mol. The normalized spacial score (nSPS) is 11.2. The van der Waals surface area contributed by atoms with E-state index in [9.17, 15) is 4.79 Å². The van der Waals surface area contributed by atoms with Gasteiger partial charge < -0.3 is 20.2 Å². The molecule has 3 N–H and O–H groups in total. The molecule has 4 aromatic rings. The molecular weight excluding hydrogens is 340 g/mol. The molecule has 136 valence electrons. The molecule has 0 unspecified atom stereocenters. The maximum atomic E-state index is 11.5. The SMILES string of the molecule is CN(C)Cc1ccc(-c2cc3c(Nc4cc[nH]c(=O)c4)ncnc3[nH]2)cc1. The molecule has 0 aliphatic rings. The van der Waals surface area contributed by atoms with Crippen LogP contribution in [0.2, 0.25) is 0 Å². The number of fused-ring (bicyclic) bond motifs is 1. The van der Waals surface area contributed by atoms with Crippen molar-refractivity contribution in [1.82, 2.24) is 24.8 Å². The number of hydrogen-bond donors (Lipinski definition) is 3. The molecular formula is C20H20N6O. The number of aromatic amines is 2. The standard InChI is InChI=1S/C20H20N6O/c1-26(2)11-13-3-5-14(6-4-13)17-10-16-19(22-12-23-20(16)25-17)24-15-7-8-21-18(27)9-15/h3-10,12H,11H2,1-2H3,(H3,21,22,23,24,25,27). The number of rotatable bonds is 5. The molecule has 27 heavy (non-hydrogen) atoms. The summed E-state index contributed by atoms with van der Waals surface area (Å²) >= 11 is 0. The molecule has 0 radical (unpaired) electrons. The van der Waals surface area contributed by atoms with Gasteiger partial charge in [0.15, 0.2) is 0 Å². The van der Waals surface area contributed by atoms with E-state index in [2.05, 4.69) is 68.5 Å². The van der Waals surface area contributed by atoms with E-state index in [-0.39, 0.29) is 5.56 Å². The van der Waals surface area contributed by atoms with Crippen molar-refractivity contribution in [1.29, 1.82) is 0 Å². The van der Waals surface area contributed by atoms with Crippen LogP contribution in [0.4, 0.5) is 11.5 Å². The second-order valence-corrected chi connectivity index (χ2v) is 6.67. The van der Waals surface area contributed by atoms with Crippen molar-refractivity contribution in [3.63, 3.8) is 0 Å². The van der Waals surface area contributed by atoms with Crippen LogP contribution < -0.4 is 10.9 Å². The molecule has 0 aliphatic carbocycles. The van der Waals surface area contributed by atoms with Crippen molar-refractivity contribution >= 4 is 22.5 Å². The molecule has 0 atom stereocenters. The van der Waals surface area contributed by atoms with E-state index >= 15 is 0 Å². The minimum absolute atomic E-state index is 0.169. The van der Waals surface area contributed by atoms with E-state index in [0.717, 1.165) is 28.8 Å². The fourth-order valence-corrected chi connectivity index (χ4v) is 3.01. The summed E-state index contributed by atoms with van der Waals surface area (Å²) in [7, 11) is 4.11. The van der Waals surface area contributed by atoms with Crippen LogP contribution in [-0.4, -0.2) is 38.9 Å². The predicted octanol–water partition coefficient (Wildman–Crippen LogP) is 3.12. The first kappa shape index (κ1) is 17.0. The molecule has 3 heterocycles. The molecule has 3 aromatic heterocycles. The Bertz CT molecular complexity index is 1130. The van der Waals surface area contributed by atoms with Gasteiger partial charge in [-0.15, -0.1) is 0 Å². The third-order valence-electron chi connectivity index (χ3n) is 4.23. The fourth-order valence-electron chi connectivity index (χ4n) is 3.01. The summed E-state index contributed by atoms with van der Waals surface area (Å²) in [5, 5.41) is 4.05. The lowest BCUT2D eigenvalue weighted by atomic mass is 10.1. The molecule has 7 nitrogen and oxygen atoms in total. The fraction of sp³-hybridized carbons (Fsp3) is 0.150. The van der Waals surface area contributed by atoms with Crippen molar-refractivity contribution in [3.05, 3.63) is 70.9 Å². The van der Waals surface area contributed by atoms with Crippen LogP contribution in [0.25, 0.3) is 22.3 Å². The summed E-state index contributed by atoms with van der Waals surface area (Å²) in [6, 6.07) is 13.7. The summed E-state index contributed by atoms with van der Waals surface area (Å²) in [6.07, 6.45) is 3.10. The Labute approximate surface area is 156 Å². The zero-order chi connectivity index (χ0) is 18.8. The van der Waals surface area contributed by atoms with Gasteiger partial charge in [0.05, 0.1) is 5.39 Å². The van der Waals surface area contributed by atoms with Gasteiger partial charge in [0.25, 0.3) is 0 Å². The van der Waals surface area contributed by atoms with Gasteiger partial charge in [-0.1, -0.05) is 24.3 Å². The van der Waals surface area contributed by atoms with Crippen LogP contribution in [0.5, 0.6) is 0 Å². The highest BCUT2D eigenvalue weighted by Crippen LogP contribution is 2.28. The van der Waals surface area contributed by atoms with E-state index < -0.39 is 0 Å². The van der Waals surface area contributed by atoms with Gasteiger partial charge in [0.1, 0.15) is 17.8 Å². The highest BCUT2D eigenvalue weighted by Gasteiger charge is 2.10. The number of pyridine rings is 1. The third-order valence-corrected chi connectivity index (χ3v) is 4.23. The first-order chi connectivity index (χ1) is 13.1. The number of nitrogens with zero attached hydrogens (tertiary/aromatic N) is 3. The highest BCUT2D eigenvalue weighted by atomic mass is 16.1. The first-order valence-electron chi connectivity index (χ1n) is 8.62. The number of nitrogens with one attached hydrogen (secondary N) is 3. The van der Waals surface area contributed by atoms with Crippen molar-refractivity contribution in [2.75, 3.05) is 19.4 Å². The van der Waals surface area contributed by atoms with Gasteiger partial charge in [0, 0.05) is 30.2 Å². The number of hydrogen-bond acceptors (Lipinski definition) is 5. The van der Waals surface area contributed by atoms with Crippen LogP contribution in [0.3, 0.4) is 0 Å². The van der Waals surface area contributed by atoms with Crippen LogP contribution in [0.1, 0.15) is 5.56 Å². The van der Waals surface area contributed by atoms with Gasteiger partial charge in [-0.25, -0.2) is 9.97 Å². The van der Waals surface area contributed by atoms with Crippen molar-refractivity contribution in [3.8, 4) is 11.3 Å². The van der Waals surface area contributed by atoms with Crippen molar-refractivity contribution in [2.45, 2.75) is 6.54 Å². The van der Waals surface area contributed by atoms with Gasteiger partial charge in [-0.05, 0) is 37.4 Å². The lowest BCUT2D eigenvalue weighted by molar-refractivity contribution is 0.402. The largest absolute Gasteiger partial charge is 0.339 e. The second-order valence-electron chi connectivity index (χ2n) is 6.67. The van der Waals surface area contributed by atoms with E-state index in [1.807, 2.05) is 6.07 Å². The molecule has 0 fully saturated rings. The second kappa shape index (κ2) is 7.05. The van der Waals surface area contributed by atoms with E-state index in [1.54, 1.807) is 12.3 Å². The maximum absolute atomic E-state index is 11.5. The summed E-state index contributed by atoms with van der Waals surface area (Å²) in [4.78, 5) is 28.2. The smallest absolute Gasteiger partial charge is 0.249 e. The highest BCUT2D eigenvalue weighted by molar-refractivity contribution is 5.92. The Kier molecular flexibility index (Phi) is 4.43. The average Bonchev–Trinajstić information content (AvgIpc) is 3.07. The summed E-state index contributed by atoms with van der Waals surface area (Å²) in [5.41, 5.74) is 4.56. The van der Waals surface area contributed by atoms with Crippen LogP contribution >= 0.6 is 0 Å². The molecule has 1 aromatic carbocycles. The first-order valence-corrected chi connectivity index (χ1v) is 8.62. The summed E-state index contributed by atoms with van der Waals surface area (Å²) in [6.45, 7) is 0.905. The molecule has 7 heteroatoms. The van der Waals surface area contributed by atoms with Crippen LogP contribution in [0, 0.1) is 0 Å². The zero-order valence-electron chi connectivity index (χ0n) is 15.2. The lowest BCUT2D eigenvalue weighted by Crippen LogP contribution is -2.10. The average molecular weight is 360 g/mol. The Balaban J connectivity index is 1.67. The third kappa shape index (κ3) is 3.73. The Morgan fingerprint density at radius 2 is 1.89 bits per heavy atom. The van der Waals surface area contributed by atoms with Crippen molar-refractivity contribution in [2.24, 2.45) is 0 Å². The topological polar surface area (TPSA) is 89.7 Å². The quantitative estimate of drug-likeness (QED) is 0.509. The zero-order valence-corrected chi connectivity index (χ0v) is 15.2. The van der Waals surface area contributed by atoms with Crippen LogP contribution in [0.15, 0.2) is 59.8 Å². The molecule has 0 spiro atoms. The van der Waals surface area contributed by atoms with Gasteiger partial charge in [0.2, 0.25) is 5.56 Å². The van der Waals surface area contributed by atoms with Crippen molar-refractivity contribution < 1.29 is 0 Å². The molecule has 4 rings (SSSR count). The number of aromatic nitrogens is 4. The maximum Gasteiger partial charge on any atom is 0.249 e. The molecule has 0 bridgehead atoms. The Morgan fingerprint density at radius 3 is 2.63 bits per heavy atom. The summed E-state index contributed by atoms with van der Waals surface area (Å²) < 4.78 is 0. The lowest BCUT2D eigenvalue weighted by Gasteiger charge is -2.09. The van der Waals surface area contributed by atoms with Gasteiger partial charge in [-0.2, -0.15) is 0 Å². The molecule has 0 aliphatic heterocycles. The minimum atomic E-state index is -0.169. The number of benzene rings is 1. The Hall–Kier alpha value is -3.45.